The van der Waals surface area contributed by atoms with Gasteiger partial charge in [-0.1, -0.05) is 29.5 Å². The first-order valence-electron chi connectivity index (χ1n) is 13.7. The summed E-state index contributed by atoms with van der Waals surface area (Å²) in [6.07, 6.45) is -2.21. The van der Waals surface area contributed by atoms with Crippen LogP contribution in [0.3, 0.4) is 0 Å². The minimum Gasteiger partial charge on any atom is -0.393 e. The van der Waals surface area contributed by atoms with Crippen molar-refractivity contribution in [2.75, 3.05) is 23.7 Å². The Hall–Kier alpha value is -3.87. The summed E-state index contributed by atoms with van der Waals surface area (Å²) in [6.45, 7) is 1.12. The molecule has 8 nitrogen and oxygen atoms in total. The van der Waals surface area contributed by atoms with Crippen LogP contribution in [0.15, 0.2) is 54.6 Å². The molecule has 42 heavy (non-hydrogen) atoms. The highest BCUT2D eigenvalue weighted by Crippen LogP contribution is 2.35. The number of pyridine rings is 1. The number of aliphatic hydroxyl groups excluding tert-OH is 1. The van der Waals surface area contributed by atoms with Crippen molar-refractivity contribution in [3.63, 3.8) is 0 Å². The number of hydrogen-bond donors (Lipinski definition) is 3. The lowest BCUT2D eigenvalue weighted by Crippen LogP contribution is -2.35. The normalized spacial score (nSPS) is 16.5. The molecule has 4 aromatic rings. The van der Waals surface area contributed by atoms with Crippen LogP contribution in [0.2, 0.25) is 0 Å². The Labute approximate surface area is 243 Å². The summed E-state index contributed by atoms with van der Waals surface area (Å²) in [4.78, 5) is 36.7. The van der Waals surface area contributed by atoms with Gasteiger partial charge in [0.05, 0.1) is 17.4 Å². The molecule has 0 atom stereocenters. The van der Waals surface area contributed by atoms with Crippen LogP contribution in [-0.4, -0.2) is 51.0 Å². The molecule has 3 heterocycles. The molecule has 3 N–H and O–H groups in total. The summed E-state index contributed by atoms with van der Waals surface area (Å²) >= 11 is 1.28. The molecule has 2 fully saturated rings. The molecule has 1 saturated carbocycles. The summed E-state index contributed by atoms with van der Waals surface area (Å²) in [5, 5.41) is 15.7. The zero-order valence-corrected chi connectivity index (χ0v) is 23.3. The third-order valence-electron chi connectivity index (χ3n) is 7.48. The van der Waals surface area contributed by atoms with Gasteiger partial charge in [0, 0.05) is 42.4 Å². The third-order valence-corrected chi connectivity index (χ3v) is 8.36. The number of piperidine rings is 1. The van der Waals surface area contributed by atoms with E-state index in [0.29, 0.717) is 58.4 Å². The predicted octanol–water partition coefficient (Wildman–Crippen LogP) is 5.93. The van der Waals surface area contributed by atoms with Crippen LogP contribution in [0.5, 0.6) is 0 Å². The van der Waals surface area contributed by atoms with Gasteiger partial charge in [0.25, 0.3) is 5.91 Å². The van der Waals surface area contributed by atoms with Crippen LogP contribution in [0, 0.1) is 5.92 Å². The fourth-order valence-corrected chi connectivity index (χ4v) is 5.82. The number of amides is 2. The number of aromatic nitrogens is 2. The number of alkyl halides is 3. The van der Waals surface area contributed by atoms with Crippen molar-refractivity contribution in [3.8, 4) is 11.3 Å². The van der Waals surface area contributed by atoms with E-state index >= 15 is 0 Å². The molecule has 2 aromatic heterocycles. The van der Waals surface area contributed by atoms with Gasteiger partial charge in [-0.05, 0) is 67.6 Å². The lowest BCUT2D eigenvalue weighted by Gasteiger charge is -2.30. The molecular weight excluding hydrogens is 567 g/mol. The highest BCUT2D eigenvalue weighted by molar-refractivity contribution is 7.22. The van der Waals surface area contributed by atoms with Crippen molar-refractivity contribution in [2.45, 2.75) is 44.5 Å². The first-order chi connectivity index (χ1) is 20.1. The fourth-order valence-electron chi connectivity index (χ4n) is 4.98. The number of nitrogens with one attached hydrogen (secondary N) is 2. The number of fused-ring (bicyclic) bond motifs is 1. The number of halogens is 3. The summed E-state index contributed by atoms with van der Waals surface area (Å²) in [5.74, 6) is -0.628. The Kier molecular flexibility index (Phi) is 7.69. The van der Waals surface area contributed by atoms with Gasteiger partial charge in [0.1, 0.15) is 10.3 Å². The van der Waals surface area contributed by atoms with Gasteiger partial charge in [-0.15, -0.1) is 0 Å². The van der Waals surface area contributed by atoms with E-state index in [1.807, 2.05) is 11.0 Å². The summed E-state index contributed by atoms with van der Waals surface area (Å²) in [6, 6.07) is 14.1. The summed E-state index contributed by atoms with van der Waals surface area (Å²) < 4.78 is 41.9. The van der Waals surface area contributed by atoms with Crippen molar-refractivity contribution in [3.05, 3.63) is 71.3 Å². The first-order valence-corrected chi connectivity index (χ1v) is 14.5. The molecule has 2 aromatic carbocycles. The maximum Gasteiger partial charge on any atom is 0.416 e. The lowest BCUT2D eigenvalue weighted by molar-refractivity contribution is -0.138. The zero-order chi connectivity index (χ0) is 29.4. The van der Waals surface area contributed by atoms with E-state index in [1.54, 1.807) is 30.3 Å². The monoisotopic (exact) mass is 595 g/mol. The van der Waals surface area contributed by atoms with Gasteiger partial charge in [0.15, 0.2) is 5.13 Å². The molecule has 1 aliphatic carbocycles. The molecule has 0 spiro atoms. The second-order valence-corrected chi connectivity index (χ2v) is 11.7. The summed E-state index contributed by atoms with van der Waals surface area (Å²) in [5.41, 5.74) is 1.53. The highest BCUT2D eigenvalue weighted by atomic mass is 32.1. The molecule has 0 bridgehead atoms. The quantitative estimate of drug-likeness (QED) is 0.244. The first kappa shape index (κ1) is 28.3. The average Bonchev–Trinajstić information content (AvgIpc) is 3.74. The fraction of sp³-hybridized carbons (Fsp3) is 0.333. The van der Waals surface area contributed by atoms with Crippen LogP contribution in [0.25, 0.3) is 21.6 Å². The summed E-state index contributed by atoms with van der Waals surface area (Å²) in [7, 11) is 0. The van der Waals surface area contributed by atoms with Gasteiger partial charge >= 0.3 is 6.18 Å². The van der Waals surface area contributed by atoms with E-state index in [4.69, 9.17) is 0 Å². The van der Waals surface area contributed by atoms with Gasteiger partial charge < -0.3 is 15.7 Å². The van der Waals surface area contributed by atoms with E-state index < -0.39 is 23.8 Å². The van der Waals surface area contributed by atoms with Crippen molar-refractivity contribution in [2.24, 2.45) is 5.92 Å². The molecule has 12 heteroatoms. The Balaban J connectivity index is 1.18. The van der Waals surface area contributed by atoms with Crippen molar-refractivity contribution < 1.29 is 27.9 Å². The number of anilines is 2. The van der Waals surface area contributed by atoms with Crippen molar-refractivity contribution in [1.29, 1.82) is 0 Å². The number of hydrogen-bond acceptors (Lipinski definition) is 7. The molecule has 0 radical (unpaired) electrons. The van der Waals surface area contributed by atoms with Crippen LogP contribution >= 0.6 is 11.3 Å². The number of rotatable bonds is 7. The minimum absolute atomic E-state index is 0.0301. The van der Waals surface area contributed by atoms with Gasteiger partial charge in [0.2, 0.25) is 5.91 Å². The molecule has 1 aliphatic heterocycles. The highest BCUT2D eigenvalue weighted by Gasteiger charge is 2.35. The number of aliphatic hydroxyl groups is 1. The molecular formula is C30H28F3N5O3S. The number of likely N-dealkylation sites (tertiary alicyclic amines) is 1. The van der Waals surface area contributed by atoms with Crippen LogP contribution in [0.1, 0.15) is 47.2 Å². The number of carbonyl (C=O) groups is 2. The molecule has 0 unspecified atom stereocenters. The third kappa shape index (κ3) is 6.45. The van der Waals surface area contributed by atoms with E-state index in [-0.39, 0.29) is 29.5 Å². The smallest absolute Gasteiger partial charge is 0.393 e. The van der Waals surface area contributed by atoms with Crippen LogP contribution in [-0.2, 0) is 17.5 Å². The Bertz CT molecular complexity index is 1640. The SMILES string of the molecule is O=C(Nc1cccc(-c2ccc3nc(NC(=O)C4CC4)sc3n2)c1)c1ccc(CN2CCC(O)CC2)c(C(F)(F)F)c1. The van der Waals surface area contributed by atoms with E-state index in [2.05, 4.69) is 20.6 Å². The van der Waals surface area contributed by atoms with Gasteiger partial charge in [-0.25, -0.2) is 9.97 Å². The number of benzene rings is 2. The molecule has 1 saturated heterocycles. The number of nitrogens with zero attached hydrogens (tertiary/aromatic N) is 3. The largest absolute Gasteiger partial charge is 0.416 e. The van der Waals surface area contributed by atoms with Crippen molar-refractivity contribution >= 4 is 44.3 Å². The molecule has 6 rings (SSSR count). The Morgan fingerprint density at radius 1 is 0.976 bits per heavy atom. The van der Waals surface area contributed by atoms with E-state index in [9.17, 15) is 27.9 Å². The second kappa shape index (κ2) is 11.4. The van der Waals surface area contributed by atoms with E-state index in [0.717, 1.165) is 18.9 Å². The van der Waals surface area contributed by atoms with Gasteiger partial charge in [-0.2, -0.15) is 13.2 Å². The number of thiazole rings is 1. The predicted molar refractivity (Wildman–Crippen MR) is 154 cm³/mol. The average molecular weight is 596 g/mol. The number of carbonyl (C=O) groups excluding carboxylic acids is 2. The maximum atomic E-state index is 14.0. The van der Waals surface area contributed by atoms with Crippen molar-refractivity contribution in [1.82, 2.24) is 14.9 Å². The molecule has 2 amide bonds. The minimum atomic E-state index is -4.62. The lowest BCUT2D eigenvalue weighted by atomic mass is 10.0. The standard InChI is InChI=1S/C30H28F3N5O3S/c31-30(32,33)23-15-19(6-7-20(23)16-38-12-10-22(39)11-13-38)27(41)34-21-3-1-2-18(14-21)24-8-9-25-28(35-24)42-29(36-25)37-26(40)17-4-5-17/h1-3,6-9,14-15,17,22,39H,4-5,10-13,16H2,(H,34,41)(H,36,37,40). The van der Waals surface area contributed by atoms with Crippen LogP contribution in [0.4, 0.5) is 24.0 Å². The zero-order valence-electron chi connectivity index (χ0n) is 22.4. The topological polar surface area (TPSA) is 107 Å². The van der Waals surface area contributed by atoms with Crippen LogP contribution < -0.4 is 10.6 Å². The van der Waals surface area contributed by atoms with E-state index in [1.165, 1.54) is 23.5 Å². The Morgan fingerprint density at radius 3 is 2.50 bits per heavy atom. The maximum absolute atomic E-state index is 14.0. The molecule has 218 valence electrons. The molecule has 2 aliphatic rings. The Morgan fingerprint density at radius 2 is 1.76 bits per heavy atom. The van der Waals surface area contributed by atoms with Gasteiger partial charge in [-0.3, -0.25) is 14.5 Å². The second-order valence-electron chi connectivity index (χ2n) is 10.7.